The van der Waals surface area contributed by atoms with Gasteiger partial charge in [0.2, 0.25) is 0 Å². The Hall–Kier alpha value is -2.04. The molecule has 1 aromatic heterocycles. The number of rotatable bonds is 2. The fourth-order valence-corrected chi connectivity index (χ4v) is 1.28. The summed E-state index contributed by atoms with van der Waals surface area (Å²) in [5.41, 5.74) is 1.10. The lowest BCUT2D eigenvalue weighted by Crippen LogP contribution is -1.93. The summed E-state index contributed by atoms with van der Waals surface area (Å²) in [4.78, 5) is 11.8. The zero-order chi connectivity index (χ0) is 10.8. The van der Waals surface area contributed by atoms with Crippen molar-refractivity contribution in [2.45, 2.75) is 0 Å². The minimum absolute atomic E-state index is 0.306. The third-order valence-electron chi connectivity index (χ3n) is 2.00. The van der Waals surface area contributed by atoms with Gasteiger partial charge in [0.25, 0.3) is 0 Å². The van der Waals surface area contributed by atoms with E-state index in [4.69, 9.17) is 0 Å². The van der Waals surface area contributed by atoms with E-state index in [9.17, 15) is 9.18 Å². The monoisotopic (exact) mass is 205 g/mol. The van der Waals surface area contributed by atoms with E-state index in [0.29, 0.717) is 23.1 Å². The molecule has 0 bridgehead atoms. The number of hydrogen-bond donors (Lipinski definition) is 0. The number of aromatic nitrogens is 3. The summed E-state index contributed by atoms with van der Waals surface area (Å²) in [5, 5.41) is 7.82. The molecule has 1 heterocycles. The average Bonchev–Trinajstić information content (AvgIpc) is 2.64. The lowest BCUT2D eigenvalue weighted by molar-refractivity contribution is 0.112. The standard InChI is InChI=1S/C10H8FN3O/c1-14-12-5-10(13-14)8-3-2-7(6-15)4-9(8)11/h2-6H,1H3. The van der Waals surface area contributed by atoms with E-state index in [1.54, 1.807) is 13.1 Å². The maximum absolute atomic E-state index is 13.5. The van der Waals surface area contributed by atoms with Gasteiger partial charge in [0.15, 0.2) is 0 Å². The van der Waals surface area contributed by atoms with Crippen molar-refractivity contribution in [1.82, 2.24) is 15.0 Å². The minimum atomic E-state index is -0.472. The first kappa shape index (κ1) is 9.51. The molecule has 2 aromatic rings. The normalized spacial score (nSPS) is 10.3. The van der Waals surface area contributed by atoms with Crippen LogP contribution in [0.5, 0.6) is 0 Å². The number of carbonyl (C=O) groups excluding carboxylic acids is 1. The Morgan fingerprint density at radius 2 is 2.27 bits per heavy atom. The third kappa shape index (κ3) is 1.76. The van der Waals surface area contributed by atoms with Crippen molar-refractivity contribution >= 4 is 6.29 Å². The first-order chi connectivity index (χ1) is 7.20. The van der Waals surface area contributed by atoms with Crippen molar-refractivity contribution < 1.29 is 9.18 Å². The number of carbonyl (C=O) groups is 1. The van der Waals surface area contributed by atoms with E-state index in [0.717, 1.165) is 0 Å². The summed E-state index contributed by atoms with van der Waals surface area (Å²) in [6, 6.07) is 4.24. The lowest BCUT2D eigenvalue weighted by atomic mass is 10.1. The largest absolute Gasteiger partial charge is 0.298 e. The summed E-state index contributed by atoms with van der Waals surface area (Å²) >= 11 is 0. The second-order valence-electron chi connectivity index (χ2n) is 3.08. The zero-order valence-corrected chi connectivity index (χ0v) is 8.01. The lowest BCUT2D eigenvalue weighted by Gasteiger charge is -1.98. The Labute approximate surface area is 85.3 Å². The van der Waals surface area contributed by atoms with Gasteiger partial charge in [-0.2, -0.15) is 15.0 Å². The van der Waals surface area contributed by atoms with E-state index in [-0.39, 0.29) is 0 Å². The molecule has 0 aliphatic heterocycles. The fourth-order valence-electron chi connectivity index (χ4n) is 1.28. The van der Waals surface area contributed by atoms with Crippen molar-refractivity contribution in [3.63, 3.8) is 0 Å². The first-order valence-electron chi connectivity index (χ1n) is 4.32. The van der Waals surface area contributed by atoms with E-state index in [2.05, 4.69) is 10.2 Å². The number of benzene rings is 1. The van der Waals surface area contributed by atoms with E-state index >= 15 is 0 Å². The SMILES string of the molecule is Cn1ncc(-c2ccc(C=O)cc2F)n1. The number of nitrogens with zero attached hydrogens (tertiary/aromatic N) is 3. The van der Waals surface area contributed by atoms with Crippen molar-refractivity contribution in [2.75, 3.05) is 0 Å². The van der Waals surface area contributed by atoms with Crippen LogP contribution in [0.3, 0.4) is 0 Å². The Bertz CT molecular complexity index is 507. The topological polar surface area (TPSA) is 47.8 Å². The summed E-state index contributed by atoms with van der Waals surface area (Å²) < 4.78 is 13.5. The van der Waals surface area contributed by atoms with Crippen LogP contribution in [-0.2, 0) is 7.05 Å². The molecular weight excluding hydrogens is 197 g/mol. The molecule has 0 fully saturated rings. The second kappa shape index (κ2) is 3.61. The van der Waals surface area contributed by atoms with Gasteiger partial charge in [-0.05, 0) is 12.1 Å². The molecule has 0 radical (unpaired) electrons. The summed E-state index contributed by atoms with van der Waals surface area (Å²) in [6.45, 7) is 0. The quantitative estimate of drug-likeness (QED) is 0.697. The van der Waals surface area contributed by atoms with Crippen LogP contribution in [0.15, 0.2) is 24.4 Å². The summed E-state index contributed by atoms with van der Waals surface area (Å²) in [5.74, 6) is -0.472. The van der Waals surface area contributed by atoms with Crippen LogP contribution >= 0.6 is 0 Å². The van der Waals surface area contributed by atoms with Gasteiger partial charge < -0.3 is 0 Å². The fraction of sp³-hybridized carbons (Fsp3) is 0.100. The van der Waals surface area contributed by atoms with Gasteiger partial charge in [-0.15, -0.1) is 0 Å². The Balaban J connectivity index is 2.49. The van der Waals surface area contributed by atoms with Gasteiger partial charge >= 0.3 is 0 Å². The molecule has 1 aromatic carbocycles. The number of halogens is 1. The third-order valence-corrected chi connectivity index (χ3v) is 2.00. The highest BCUT2D eigenvalue weighted by Crippen LogP contribution is 2.20. The molecule has 0 spiro atoms. The molecule has 76 valence electrons. The van der Waals surface area contributed by atoms with Gasteiger partial charge in [-0.25, -0.2) is 4.39 Å². The Kier molecular flexibility index (Phi) is 2.29. The predicted octanol–water partition coefficient (Wildman–Crippen LogP) is 1.43. The van der Waals surface area contributed by atoms with Gasteiger partial charge in [0.1, 0.15) is 17.8 Å². The highest BCUT2D eigenvalue weighted by Gasteiger charge is 2.08. The summed E-state index contributed by atoms with van der Waals surface area (Å²) in [6.07, 6.45) is 2.07. The van der Waals surface area contributed by atoms with Gasteiger partial charge in [-0.3, -0.25) is 4.79 Å². The highest BCUT2D eigenvalue weighted by atomic mass is 19.1. The molecule has 5 heteroatoms. The van der Waals surface area contributed by atoms with Crippen molar-refractivity contribution in [1.29, 1.82) is 0 Å². The number of hydrogen-bond acceptors (Lipinski definition) is 3. The molecule has 0 unspecified atom stereocenters. The van der Waals surface area contributed by atoms with Crippen LogP contribution in [0, 0.1) is 5.82 Å². The van der Waals surface area contributed by atoms with Crippen LogP contribution in [0.25, 0.3) is 11.3 Å². The van der Waals surface area contributed by atoms with Gasteiger partial charge in [0, 0.05) is 18.2 Å². The summed E-state index contributed by atoms with van der Waals surface area (Å²) in [7, 11) is 1.65. The van der Waals surface area contributed by atoms with E-state index in [1.807, 2.05) is 0 Å². The van der Waals surface area contributed by atoms with Crippen molar-refractivity contribution in [3.05, 3.63) is 35.8 Å². The maximum atomic E-state index is 13.5. The van der Waals surface area contributed by atoms with E-state index in [1.165, 1.54) is 23.1 Å². The average molecular weight is 205 g/mol. The van der Waals surface area contributed by atoms with Gasteiger partial charge in [-0.1, -0.05) is 6.07 Å². The maximum Gasteiger partial charge on any atom is 0.150 e. The molecule has 0 atom stereocenters. The highest BCUT2D eigenvalue weighted by molar-refractivity contribution is 5.76. The van der Waals surface area contributed by atoms with Crippen LogP contribution < -0.4 is 0 Å². The second-order valence-corrected chi connectivity index (χ2v) is 3.08. The molecule has 0 amide bonds. The molecule has 0 saturated carbocycles. The molecule has 0 aliphatic rings. The molecule has 2 rings (SSSR count). The molecule has 0 aliphatic carbocycles. The van der Waals surface area contributed by atoms with Crippen LogP contribution in [0.4, 0.5) is 4.39 Å². The smallest absolute Gasteiger partial charge is 0.150 e. The van der Waals surface area contributed by atoms with Crippen LogP contribution in [0.2, 0.25) is 0 Å². The van der Waals surface area contributed by atoms with Crippen molar-refractivity contribution in [2.24, 2.45) is 7.05 Å². The predicted molar refractivity (Wildman–Crippen MR) is 51.8 cm³/mol. The van der Waals surface area contributed by atoms with E-state index < -0.39 is 5.82 Å². The number of aryl methyl sites for hydroxylation is 1. The van der Waals surface area contributed by atoms with Crippen LogP contribution in [0.1, 0.15) is 10.4 Å². The Morgan fingerprint density at radius 1 is 1.47 bits per heavy atom. The molecular formula is C10H8FN3O. The van der Waals surface area contributed by atoms with Crippen molar-refractivity contribution in [3.8, 4) is 11.3 Å². The minimum Gasteiger partial charge on any atom is -0.298 e. The number of aldehydes is 1. The van der Waals surface area contributed by atoms with Crippen LogP contribution in [-0.4, -0.2) is 21.3 Å². The van der Waals surface area contributed by atoms with Gasteiger partial charge in [0.05, 0.1) is 6.20 Å². The first-order valence-corrected chi connectivity index (χ1v) is 4.32. The molecule has 0 N–H and O–H groups in total. The molecule has 0 saturated heterocycles. The molecule has 4 nitrogen and oxygen atoms in total. The Morgan fingerprint density at radius 3 is 2.80 bits per heavy atom. The zero-order valence-electron chi connectivity index (χ0n) is 8.01. The molecule has 15 heavy (non-hydrogen) atoms.